The molecule has 0 aliphatic rings. The Morgan fingerprint density at radius 2 is 1.52 bits per heavy atom. The number of amides is 2. The first-order chi connectivity index (χ1) is 13.9. The van der Waals surface area contributed by atoms with Gasteiger partial charge in [-0.2, -0.15) is 0 Å². The van der Waals surface area contributed by atoms with Gasteiger partial charge in [-0.15, -0.1) is 0 Å². The van der Waals surface area contributed by atoms with Gasteiger partial charge < -0.3 is 16.2 Å². The number of para-hydroxylation sites is 1. The summed E-state index contributed by atoms with van der Waals surface area (Å²) >= 11 is 0. The number of nitrogens with two attached hydrogens (primary N) is 1. The predicted molar refractivity (Wildman–Crippen MR) is 111 cm³/mol. The number of benzene rings is 3. The number of aliphatic carboxylic acids is 1. The minimum atomic E-state index is -0.968. The standard InChI is InChI=1S/C23H20N2O4/c24-21(26)12-15-5-3-7-16(11-15)17-8-4-9-19(13-17)23(29)25-20-10-2-1-6-18(20)14-22(27)28/h1-11,13H,12,14H2,(H2,24,26)(H,25,29)(H,27,28). The molecule has 0 aliphatic carbocycles. The largest absolute Gasteiger partial charge is 0.481 e. The lowest BCUT2D eigenvalue weighted by molar-refractivity contribution is -0.136. The van der Waals surface area contributed by atoms with E-state index in [-0.39, 0.29) is 18.7 Å². The molecule has 0 unspecified atom stereocenters. The van der Waals surface area contributed by atoms with Crippen LogP contribution in [0.15, 0.2) is 72.8 Å². The lowest BCUT2D eigenvalue weighted by atomic mass is 9.99. The molecule has 0 radical (unpaired) electrons. The van der Waals surface area contributed by atoms with E-state index in [1.807, 2.05) is 30.3 Å². The number of carboxylic acids is 1. The van der Waals surface area contributed by atoms with E-state index in [2.05, 4.69) is 5.32 Å². The Morgan fingerprint density at radius 1 is 0.828 bits per heavy atom. The highest BCUT2D eigenvalue weighted by molar-refractivity contribution is 6.05. The topological polar surface area (TPSA) is 109 Å². The second kappa shape index (κ2) is 8.84. The summed E-state index contributed by atoms with van der Waals surface area (Å²) in [6.45, 7) is 0. The minimum Gasteiger partial charge on any atom is -0.481 e. The van der Waals surface area contributed by atoms with Gasteiger partial charge in [-0.25, -0.2) is 0 Å². The van der Waals surface area contributed by atoms with Gasteiger partial charge in [-0.3, -0.25) is 14.4 Å². The Bertz CT molecular complexity index is 1080. The quantitative estimate of drug-likeness (QED) is 0.577. The predicted octanol–water partition coefficient (Wildman–Crippen LogP) is 3.26. The highest BCUT2D eigenvalue weighted by Crippen LogP contribution is 2.23. The molecule has 3 rings (SSSR count). The van der Waals surface area contributed by atoms with Gasteiger partial charge in [-0.1, -0.05) is 54.6 Å². The SMILES string of the molecule is NC(=O)Cc1cccc(-c2cccc(C(=O)Nc3ccccc3CC(=O)O)c2)c1. The van der Waals surface area contributed by atoms with Crippen molar-refractivity contribution in [3.63, 3.8) is 0 Å². The molecule has 0 bridgehead atoms. The molecule has 146 valence electrons. The maximum Gasteiger partial charge on any atom is 0.307 e. The van der Waals surface area contributed by atoms with Crippen LogP contribution in [0.1, 0.15) is 21.5 Å². The third-order valence-electron chi connectivity index (χ3n) is 4.37. The number of hydrogen-bond donors (Lipinski definition) is 3. The van der Waals surface area contributed by atoms with Crippen LogP contribution in [0.5, 0.6) is 0 Å². The third kappa shape index (κ3) is 5.29. The monoisotopic (exact) mass is 388 g/mol. The van der Waals surface area contributed by atoms with Crippen molar-refractivity contribution in [1.82, 2.24) is 0 Å². The first-order valence-electron chi connectivity index (χ1n) is 9.01. The average Bonchev–Trinajstić information content (AvgIpc) is 2.69. The van der Waals surface area contributed by atoms with Crippen molar-refractivity contribution in [2.75, 3.05) is 5.32 Å². The fraction of sp³-hybridized carbons (Fsp3) is 0.0870. The van der Waals surface area contributed by atoms with Crippen molar-refractivity contribution in [3.8, 4) is 11.1 Å². The van der Waals surface area contributed by atoms with Gasteiger partial charge in [0.15, 0.2) is 0 Å². The normalized spacial score (nSPS) is 10.3. The molecule has 0 fully saturated rings. The lowest BCUT2D eigenvalue weighted by Gasteiger charge is -2.11. The number of rotatable bonds is 7. The molecule has 0 atom stereocenters. The number of carboxylic acid groups (broad SMARTS) is 1. The van der Waals surface area contributed by atoms with Crippen molar-refractivity contribution < 1.29 is 19.5 Å². The van der Waals surface area contributed by atoms with E-state index in [0.29, 0.717) is 16.8 Å². The molecule has 4 N–H and O–H groups in total. The van der Waals surface area contributed by atoms with Gasteiger partial charge in [0.2, 0.25) is 5.91 Å². The van der Waals surface area contributed by atoms with Crippen LogP contribution in [0, 0.1) is 0 Å². The van der Waals surface area contributed by atoms with E-state index >= 15 is 0 Å². The van der Waals surface area contributed by atoms with Crippen molar-refractivity contribution in [3.05, 3.63) is 89.5 Å². The van der Waals surface area contributed by atoms with E-state index in [0.717, 1.165) is 16.7 Å². The van der Waals surface area contributed by atoms with Crippen LogP contribution >= 0.6 is 0 Å². The molecular weight excluding hydrogens is 368 g/mol. The van der Waals surface area contributed by atoms with Crippen LogP contribution in [0.3, 0.4) is 0 Å². The third-order valence-corrected chi connectivity index (χ3v) is 4.37. The molecule has 0 aliphatic heterocycles. The summed E-state index contributed by atoms with van der Waals surface area (Å²) in [6, 6.07) is 21.3. The van der Waals surface area contributed by atoms with Crippen LogP contribution in [0.25, 0.3) is 11.1 Å². The molecule has 3 aromatic carbocycles. The summed E-state index contributed by atoms with van der Waals surface area (Å²) in [5.74, 6) is -1.71. The summed E-state index contributed by atoms with van der Waals surface area (Å²) in [7, 11) is 0. The fourth-order valence-corrected chi connectivity index (χ4v) is 3.06. The number of anilines is 1. The van der Waals surface area contributed by atoms with Crippen molar-refractivity contribution in [1.29, 1.82) is 0 Å². The number of primary amides is 1. The molecule has 0 saturated carbocycles. The Morgan fingerprint density at radius 3 is 2.24 bits per heavy atom. The van der Waals surface area contributed by atoms with Crippen molar-refractivity contribution in [2.45, 2.75) is 12.8 Å². The average molecular weight is 388 g/mol. The second-order valence-electron chi connectivity index (χ2n) is 6.61. The molecule has 0 spiro atoms. The summed E-state index contributed by atoms with van der Waals surface area (Å²) < 4.78 is 0. The number of carbonyl (C=O) groups is 3. The maximum absolute atomic E-state index is 12.7. The number of nitrogens with one attached hydrogen (secondary N) is 1. The molecule has 29 heavy (non-hydrogen) atoms. The summed E-state index contributed by atoms with van der Waals surface area (Å²) in [5.41, 5.74) is 9.19. The highest BCUT2D eigenvalue weighted by Gasteiger charge is 2.12. The van der Waals surface area contributed by atoms with E-state index in [9.17, 15) is 14.4 Å². The fourth-order valence-electron chi connectivity index (χ4n) is 3.06. The molecule has 3 aromatic rings. The van der Waals surface area contributed by atoms with Gasteiger partial charge in [0.25, 0.3) is 5.91 Å². The van der Waals surface area contributed by atoms with E-state index in [1.165, 1.54) is 0 Å². The molecule has 0 aromatic heterocycles. The van der Waals surface area contributed by atoms with Crippen LogP contribution in [-0.4, -0.2) is 22.9 Å². The summed E-state index contributed by atoms with van der Waals surface area (Å²) in [5, 5.41) is 11.8. The van der Waals surface area contributed by atoms with E-state index in [1.54, 1.807) is 42.5 Å². The molecule has 0 heterocycles. The zero-order chi connectivity index (χ0) is 20.8. The van der Waals surface area contributed by atoms with Crippen LogP contribution in [-0.2, 0) is 22.4 Å². The number of carbonyl (C=O) groups excluding carboxylic acids is 2. The van der Waals surface area contributed by atoms with Crippen LogP contribution in [0.4, 0.5) is 5.69 Å². The summed E-state index contributed by atoms with van der Waals surface area (Å²) in [4.78, 5) is 34.9. The minimum absolute atomic E-state index is 0.147. The Balaban J connectivity index is 1.84. The maximum atomic E-state index is 12.7. The zero-order valence-corrected chi connectivity index (χ0v) is 15.6. The summed E-state index contributed by atoms with van der Waals surface area (Å²) in [6.07, 6.45) is -0.0302. The molecule has 6 heteroatoms. The lowest BCUT2D eigenvalue weighted by Crippen LogP contribution is -2.14. The first kappa shape index (κ1) is 19.8. The van der Waals surface area contributed by atoms with E-state index in [4.69, 9.17) is 10.8 Å². The van der Waals surface area contributed by atoms with Gasteiger partial charge in [0.05, 0.1) is 12.8 Å². The molecular formula is C23H20N2O4. The van der Waals surface area contributed by atoms with Gasteiger partial charge in [0.1, 0.15) is 0 Å². The van der Waals surface area contributed by atoms with Crippen molar-refractivity contribution >= 4 is 23.5 Å². The van der Waals surface area contributed by atoms with E-state index < -0.39 is 11.9 Å². The zero-order valence-electron chi connectivity index (χ0n) is 15.6. The second-order valence-corrected chi connectivity index (χ2v) is 6.61. The number of hydrogen-bond acceptors (Lipinski definition) is 3. The molecule has 6 nitrogen and oxygen atoms in total. The van der Waals surface area contributed by atoms with Crippen LogP contribution in [0.2, 0.25) is 0 Å². The van der Waals surface area contributed by atoms with Crippen LogP contribution < -0.4 is 11.1 Å². The van der Waals surface area contributed by atoms with Crippen molar-refractivity contribution in [2.24, 2.45) is 5.73 Å². The van der Waals surface area contributed by atoms with Gasteiger partial charge >= 0.3 is 5.97 Å². The Kier molecular flexibility index (Phi) is 6.04. The Labute approximate surface area is 168 Å². The van der Waals surface area contributed by atoms with Gasteiger partial charge in [0, 0.05) is 11.3 Å². The Hall–Kier alpha value is -3.93. The first-order valence-corrected chi connectivity index (χ1v) is 9.01. The smallest absolute Gasteiger partial charge is 0.307 e. The molecule has 0 saturated heterocycles. The molecule has 2 amide bonds. The van der Waals surface area contributed by atoms with Gasteiger partial charge in [-0.05, 0) is 40.5 Å². The highest BCUT2D eigenvalue weighted by atomic mass is 16.4.